The van der Waals surface area contributed by atoms with Gasteiger partial charge in [0.15, 0.2) is 0 Å². The van der Waals surface area contributed by atoms with E-state index < -0.39 is 10.0 Å². The van der Waals surface area contributed by atoms with E-state index in [1.807, 2.05) is 37.4 Å². The molecule has 2 unspecified atom stereocenters. The topological polar surface area (TPSA) is 76.2 Å². The zero-order valence-corrected chi connectivity index (χ0v) is 24.5. The molecule has 0 N–H and O–H groups in total. The number of benzene rings is 2. The molecule has 10 heteroatoms. The van der Waals surface area contributed by atoms with Crippen molar-refractivity contribution in [3.8, 4) is 5.75 Å². The Balaban J connectivity index is 1.39. The van der Waals surface area contributed by atoms with Gasteiger partial charge in [-0.25, -0.2) is 8.42 Å². The van der Waals surface area contributed by atoms with Gasteiger partial charge in [-0.15, -0.1) is 11.3 Å². The highest BCUT2D eigenvalue weighted by Crippen LogP contribution is 2.35. The maximum atomic E-state index is 13.9. The third-order valence-corrected chi connectivity index (χ3v) is 10.4. The average Bonchev–Trinajstić information content (AvgIpc) is 3.60. The lowest BCUT2D eigenvalue weighted by Gasteiger charge is -2.37. The van der Waals surface area contributed by atoms with Crippen molar-refractivity contribution in [1.82, 2.24) is 9.21 Å². The van der Waals surface area contributed by atoms with Crippen molar-refractivity contribution in [2.45, 2.75) is 50.2 Å². The van der Waals surface area contributed by atoms with Crippen LogP contribution in [0.5, 0.6) is 5.75 Å². The van der Waals surface area contributed by atoms with Gasteiger partial charge in [-0.2, -0.15) is 4.31 Å². The van der Waals surface area contributed by atoms with Crippen molar-refractivity contribution < 1.29 is 22.7 Å². The molecular weight excluding hydrogens is 556 g/mol. The molecule has 1 amide bonds. The fourth-order valence-electron chi connectivity index (χ4n) is 5.27. The summed E-state index contributed by atoms with van der Waals surface area (Å²) in [6.45, 7) is 5.28. The molecule has 0 spiro atoms. The number of hydrogen-bond donors (Lipinski definition) is 0. The van der Waals surface area contributed by atoms with Crippen molar-refractivity contribution in [3.05, 3.63) is 80.5 Å². The lowest BCUT2D eigenvalue weighted by molar-refractivity contribution is -0.135. The van der Waals surface area contributed by atoms with E-state index >= 15 is 0 Å². The zero-order valence-electron chi connectivity index (χ0n) is 22.1. The first-order chi connectivity index (χ1) is 18.7. The molecule has 5 rings (SSSR count). The molecule has 2 aromatic carbocycles. The molecule has 1 fully saturated rings. The molecule has 2 aliphatic heterocycles. The van der Waals surface area contributed by atoms with Crippen LogP contribution < -0.4 is 4.74 Å². The molecule has 2 atom stereocenters. The lowest BCUT2D eigenvalue weighted by atomic mass is 10.0. The van der Waals surface area contributed by atoms with Crippen LogP contribution in [-0.4, -0.2) is 62.5 Å². The summed E-state index contributed by atoms with van der Waals surface area (Å²) in [4.78, 5) is 17.0. The number of sulfonamides is 1. The first-order valence-electron chi connectivity index (χ1n) is 13.2. The normalized spacial score (nSPS) is 19.3. The largest absolute Gasteiger partial charge is 0.491 e. The highest BCUT2D eigenvalue weighted by atomic mass is 35.5. The van der Waals surface area contributed by atoms with Gasteiger partial charge in [0.25, 0.3) is 0 Å². The first-order valence-corrected chi connectivity index (χ1v) is 15.9. The fraction of sp³-hybridized carbons (Fsp3) is 0.414. The molecule has 3 heterocycles. The predicted octanol–water partition coefficient (Wildman–Crippen LogP) is 5.39. The Hall–Kier alpha value is -2.43. The number of thiophene rings is 1. The van der Waals surface area contributed by atoms with E-state index in [-0.39, 0.29) is 42.6 Å². The van der Waals surface area contributed by atoms with Crippen LogP contribution in [0.2, 0.25) is 5.02 Å². The first kappa shape index (κ1) is 28.1. The molecule has 0 radical (unpaired) electrons. The Morgan fingerprint density at radius 2 is 1.97 bits per heavy atom. The highest BCUT2D eigenvalue weighted by Gasteiger charge is 2.36. The van der Waals surface area contributed by atoms with Crippen molar-refractivity contribution >= 4 is 38.9 Å². The second-order valence-corrected chi connectivity index (χ2v) is 13.5. The number of carbonyl (C=O) groups excluding carboxylic acids is 1. The molecule has 7 nitrogen and oxygen atoms in total. The minimum atomic E-state index is -3.95. The maximum Gasteiger partial charge on any atom is 0.243 e. The Kier molecular flexibility index (Phi) is 8.63. The third-order valence-electron chi connectivity index (χ3n) is 7.34. The standard InChI is InChI=1S/C29H33ClN2O5S2/c1-20-5-10-27(21(2)16-20)37-19-26-25-12-15-38-28(25)11-13-32(26)29(33)18-31(17-23-4-3-14-36-23)39(34,35)24-8-6-22(30)7-9-24/h5-10,12,15-16,23,26H,3-4,11,13-14,17-19H2,1-2H3. The minimum Gasteiger partial charge on any atom is -0.491 e. The summed E-state index contributed by atoms with van der Waals surface area (Å²) in [6.07, 6.45) is 2.12. The fourth-order valence-corrected chi connectivity index (χ4v) is 7.74. The molecule has 0 bridgehead atoms. The monoisotopic (exact) mass is 588 g/mol. The molecule has 1 saturated heterocycles. The minimum absolute atomic E-state index is 0.103. The molecular formula is C29H33ClN2O5S2. The summed E-state index contributed by atoms with van der Waals surface area (Å²) < 4.78 is 40.7. The summed E-state index contributed by atoms with van der Waals surface area (Å²) in [7, 11) is -3.95. The maximum absolute atomic E-state index is 13.9. The van der Waals surface area contributed by atoms with Gasteiger partial charge >= 0.3 is 0 Å². The average molecular weight is 589 g/mol. The number of halogens is 1. The van der Waals surface area contributed by atoms with Crippen LogP contribution in [0, 0.1) is 13.8 Å². The Labute approximate surface area is 239 Å². The Morgan fingerprint density at radius 1 is 1.18 bits per heavy atom. The summed E-state index contributed by atoms with van der Waals surface area (Å²) in [5, 5.41) is 2.49. The highest BCUT2D eigenvalue weighted by molar-refractivity contribution is 7.89. The SMILES string of the molecule is Cc1ccc(OCC2c3ccsc3CCN2C(=O)CN(CC2CCCO2)S(=O)(=O)c2ccc(Cl)cc2)c(C)c1. The van der Waals surface area contributed by atoms with E-state index in [0.717, 1.165) is 41.7 Å². The lowest BCUT2D eigenvalue weighted by Crippen LogP contribution is -2.49. The quantitative estimate of drug-likeness (QED) is 0.335. The second-order valence-electron chi connectivity index (χ2n) is 10.1. The molecule has 208 valence electrons. The number of hydrogen-bond acceptors (Lipinski definition) is 6. The predicted molar refractivity (Wildman–Crippen MR) is 153 cm³/mol. The molecule has 2 aliphatic rings. The van der Waals surface area contributed by atoms with Gasteiger partial charge in [-0.05, 0) is 86.0 Å². The second kappa shape index (κ2) is 12.0. The van der Waals surface area contributed by atoms with E-state index in [4.69, 9.17) is 21.1 Å². The number of amides is 1. The number of rotatable bonds is 9. The summed E-state index contributed by atoms with van der Waals surface area (Å²) in [6, 6.07) is 13.8. The van der Waals surface area contributed by atoms with Crippen LogP contribution >= 0.6 is 22.9 Å². The van der Waals surface area contributed by atoms with E-state index in [1.165, 1.54) is 21.3 Å². The van der Waals surface area contributed by atoms with Crippen LogP contribution in [0.3, 0.4) is 0 Å². The van der Waals surface area contributed by atoms with Gasteiger partial charge in [0, 0.05) is 29.6 Å². The van der Waals surface area contributed by atoms with Gasteiger partial charge in [0.2, 0.25) is 15.9 Å². The molecule has 39 heavy (non-hydrogen) atoms. The zero-order chi connectivity index (χ0) is 27.6. The van der Waals surface area contributed by atoms with Crippen LogP contribution in [0.25, 0.3) is 0 Å². The molecule has 3 aromatic rings. The van der Waals surface area contributed by atoms with E-state index in [9.17, 15) is 13.2 Å². The molecule has 0 aliphatic carbocycles. The van der Waals surface area contributed by atoms with Crippen molar-refractivity contribution in [3.63, 3.8) is 0 Å². The Morgan fingerprint density at radius 3 is 2.69 bits per heavy atom. The van der Waals surface area contributed by atoms with Crippen molar-refractivity contribution in [2.24, 2.45) is 0 Å². The van der Waals surface area contributed by atoms with E-state index in [1.54, 1.807) is 28.4 Å². The van der Waals surface area contributed by atoms with Gasteiger partial charge < -0.3 is 14.4 Å². The van der Waals surface area contributed by atoms with Gasteiger partial charge in [0.1, 0.15) is 12.4 Å². The van der Waals surface area contributed by atoms with Crippen molar-refractivity contribution in [2.75, 3.05) is 32.8 Å². The van der Waals surface area contributed by atoms with Gasteiger partial charge in [-0.1, -0.05) is 29.3 Å². The summed E-state index contributed by atoms with van der Waals surface area (Å²) >= 11 is 7.68. The van der Waals surface area contributed by atoms with Gasteiger partial charge in [-0.3, -0.25) is 4.79 Å². The van der Waals surface area contributed by atoms with Crippen LogP contribution in [0.4, 0.5) is 0 Å². The summed E-state index contributed by atoms with van der Waals surface area (Å²) in [5.74, 6) is 0.525. The van der Waals surface area contributed by atoms with Gasteiger partial charge in [0.05, 0.1) is 23.6 Å². The number of aryl methyl sites for hydroxylation is 2. The smallest absolute Gasteiger partial charge is 0.243 e. The van der Waals surface area contributed by atoms with Crippen LogP contribution in [0.1, 0.15) is 40.5 Å². The molecule has 0 saturated carbocycles. The van der Waals surface area contributed by atoms with E-state index in [2.05, 4.69) is 6.07 Å². The van der Waals surface area contributed by atoms with Crippen LogP contribution in [0.15, 0.2) is 58.8 Å². The number of nitrogens with zero attached hydrogens (tertiary/aromatic N) is 2. The molecule has 1 aromatic heterocycles. The number of fused-ring (bicyclic) bond motifs is 1. The summed E-state index contributed by atoms with van der Waals surface area (Å²) in [5.41, 5.74) is 3.25. The van der Waals surface area contributed by atoms with E-state index in [0.29, 0.717) is 18.2 Å². The van der Waals surface area contributed by atoms with Crippen LogP contribution in [-0.2, 0) is 26.0 Å². The number of ether oxygens (including phenoxy) is 2. The number of carbonyl (C=O) groups is 1. The van der Waals surface area contributed by atoms with Crippen molar-refractivity contribution in [1.29, 1.82) is 0 Å². The third kappa shape index (κ3) is 6.33. The Bertz CT molecular complexity index is 1420.